The lowest BCUT2D eigenvalue weighted by Crippen LogP contribution is -2.06. The van der Waals surface area contributed by atoms with Crippen molar-refractivity contribution in [2.24, 2.45) is 5.73 Å². The fourth-order valence-corrected chi connectivity index (χ4v) is 1.97. The van der Waals surface area contributed by atoms with Gasteiger partial charge in [-0.25, -0.2) is 0 Å². The van der Waals surface area contributed by atoms with E-state index in [4.69, 9.17) is 5.73 Å². The molecule has 0 amide bonds. The van der Waals surface area contributed by atoms with Gasteiger partial charge in [0.15, 0.2) is 0 Å². The number of rotatable bonds is 1. The van der Waals surface area contributed by atoms with Crippen molar-refractivity contribution in [2.75, 3.05) is 0 Å². The zero-order valence-electron chi connectivity index (χ0n) is 9.41. The first-order valence-corrected chi connectivity index (χ1v) is 5.22. The Kier molecular flexibility index (Phi) is 2.45. The van der Waals surface area contributed by atoms with Gasteiger partial charge in [0.05, 0.1) is 5.52 Å². The Morgan fingerprint density at radius 3 is 2.67 bits per heavy atom. The number of nitrogens with two attached hydrogens (primary N) is 1. The fraction of sp³-hybridized carbons (Fsp3) is 0.308. The first-order valence-electron chi connectivity index (χ1n) is 5.22. The van der Waals surface area contributed by atoms with Crippen molar-refractivity contribution >= 4 is 10.9 Å². The molecular formula is C13H16N2. The lowest BCUT2D eigenvalue weighted by molar-refractivity contribution is 0.823. The maximum atomic E-state index is 5.94. The van der Waals surface area contributed by atoms with Crippen molar-refractivity contribution in [2.45, 2.75) is 26.8 Å². The molecular weight excluding hydrogens is 184 g/mol. The summed E-state index contributed by atoms with van der Waals surface area (Å²) in [4.78, 5) is 4.58. The van der Waals surface area contributed by atoms with Gasteiger partial charge in [-0.05, 0) is 38.0 Å². The standard InChI is InChI=1S/C13H16N2/c1-8-7-9(2)15-13-11(8)5-4-6-12(13)10(3)14/h4-7,10H,14H2,1-3H3. The van der Waals surface area contributed by atoms with E-state index in [9.17, 15) is 0 Å². The number of aryl methyl sites for hydroxylation is 2. The van der Waals surface area contributed by atoms with Crippen molar-refractivity contribution in [3.05, 3.63) is 41.1 Å². The van der Waals surface area contributed by atoms with E-state index in [0.29, 0.717) is 0 Å². The lowest BCUT2D eigenvalue weighted by atomic mass is 10.0. The smallest absolute Gasteiger partial charge is 0.0755 e. The second-order valence-electron chi connectivity index (χ2n) is 4.11. The predicted molar refractivity (Wildman–Crippen MR) is 63.8 cm³/mol. The van der Waals surface area contributed by atoms with Crippen LogP contribution in [0.3, 0.4) is 0 Å². The molecule has 15 heavy (non-hydrogen) atoms. The number of aromatic nitrogens is 1. The van der Waals surface area contributed by atoms with Crippen LogP contribution < -0.4 is 5.73 Å². The van der Waals surface area contributed by atoms with Crippen LogP contribution in [-0.2, 0) is 0 Å². The van der Waals surface area contributed by atoms with Crippen molar-refractivity contribution < 1.29 is 0 Å². The molecule has 1 atom stereocenters. The Morgan fingerprint density at radius 2 is 2.00 bits per heavy atom. The summed E-state index contributed by atoms with van der Waals surface area (Å²) in [5.41, 5.74) is 10.4. The Labute approximate surface area is 90.1 Å². The molecule has 2 rings (SSSR count). The highest BCUT2D eigenvalue weighted by molar-refractivity contribution is 5.85. The minimum Gasteiger partial charge on any atom is -0.324 e. The van der Waals surface area contributed by atoms with Crippen LogP contribution in [0.4, 0.5) is 0 Å². The van der Waals surface area contributed by atoms with Crippen LogP contribution in [0.5, 0.6) is 0 Å². The summed E-state index contributed by atoms with van der Waals surface area (Å²) >= 11 is 0. The van der Waals surface area contributed by atoms with E-state index in [1.165, 1.54) is 10.9 Å². The molecule has 2 N–H and O–H groups in total. The van der Waals surface area contributed by atoms with Gasteiger partial charge in [-0.1, -0.05) is 18.2 Å². The summed E-state index contributed by atoms with van der Waals surface area (Å²) in [6.45, 7) is 6.13. The van der Waals surface area contributed by atoms with Gasteiger partial charge in [0.2, 0.25) is 0 Å². The number of hydrogen-bond donors (Lipinski definition) is 1. The van der Waals surface area contributed by atoms with Crippen LogP contribution in [0.2, 0.25) is 0 Å². The number of nitrogens with zero attached hydrogens (tertiary/aromatic N) is 1. The average Bonchev–Trinajstić information content (AvgIpc) is 2.16. The summed E-state index contributed by atoms with van der Waals surface area (Å²) in [6.07, 6.45) is 0. The third kappa shape index (κ3) is 1.73. The summed E-state index contributed by atoms with van der Waals surface area (Å²) in [6, 6.07) is 8.34. The van der Waals surface area contributed by atoms with Gasteiger partial charge >= 0.3 is 0 Å². The Hall–Kier alpha value is -1.41. The van der Waals surface area contributed by atoms with Gasteiger partial charge in [-0.15, -0.1) is 0 Å². The number of benzene rings is 1. The van der Waals surface area contributed by atoms with Crippen LogP contribution in [0.15, 0.2) is 24.3 Å². The molecule has 2 heteroatoms. The van der Waals surface area contributed by atoms with E-state index in [-0.39, 0.29) is 6.04 Å². The van der Waals surface area contributed by atoms with Crippen molar-refractivity contribution in [3.8, 4) is 0 Å². The minimum atomic E-state index is 0.0300. The normalized spacial score (nSPS) is 13.1. The molecule has 0 spiro atoms. The van der Waals surface area contributed by atoms with Gasteiger partial charge in [0, 0.05) is 17.1 Å². The molecule has 2 aromatic rings. The highest BCUT2D eigenvalue weighted by Gasteiger charge is 2.08. The Balaban J connectivity index is 2.85. The molecule has 0 aliphatic heterocycles. The number of fused-ring (bicyclic) bond motifs is 1. The Bertz CT molecular complexity index is 501. The molecule has 0 fully saturated rings. The fourth-order valence-electron chi connectivity index (χ4n) is 1.97. The molecule has 1 unspecified atom stereocenters. The topological polar surface area (TPSA) is 38.9 Å². The second-order valence-corrected chi connectivity index (χ2v) is 4.11. The van der Waals surface area contributed by atoms with Crippen molar-refractivity contribution in [3.63, 3.8) is 0 Å². The third-order valence-corrected chi connectivity index (χ3v) is 2.70. The zero-order chi connectivity index (χ0) is 11.0. The van der Waals surface area contributed by atoms with E-state index < -0.39 is 0 Å². The van der Waals surface area contributed by atoms with Crippen molar-refractivity contribution in [1.29, 1.82) is 0 Å². The molecule has 0 bridgehead atoms. The van der Waals surface area contributed by atoms with Crippen LogP contribution >= 0.6 is 0 Å². The highest BCUT2D eigenvalue weighted by atomic mass is 14.7. The number of hydrogen-bond acceptors (Lipinski definition) is 2. The molecule has 0 saturated heterocycles. The van der Waals surface area contributed by atoms with E-state index in [0.717, 1.165) is 16.8 Å². The van der Waals surface area contributed by atoms with Crippen LogP contribution in [0.1, 0.15) is 29.8 Å². The maximum absolute atomic E-state index is 5.94. The third-order valence-electron chi connectivity index (χ3n) is 2.70. The Morgan fingerprint density at radius 1 is 1.27 bits per heavy atom. The average molecular weight is 200 g/mol. The molecule has 0 saturated carbocycles. The summed E-state index contributed by atoms with van der Waals surface area (Å²) < 4.78 is 0. The van der Waals surface area contributed by atoms with Crippen LogP contribution in [0.25, 0.3) is 10.9 Å². The first kappa shape index (κ1) is 10.1. The molecule has 1 aromatic heterocycles. The summed E-state index contributed by atoms with van der Waals surface area (Å²) in [5, 5.41) is 1.20. The molecule has 1 heterocycles. The van der Waals surface area contributed by atoms with Gasteiger partial charge in [0.25, 0.3) is 0 Å². The second kappa shape index (κ2) is 3.63. The monoisotopic (exact) mass is 200 g/mol. The zero-order valence-corrected chi connectivity index (χ0v) is 9.41. The molecule has 0 aliphatic carbocycles. The highest BCUT2D eigenvalue weighted by Crippen LogP contribution is 2.24. The molecule has 1 aromatic carbocycles. The largest absolute Gasteiger partial charge is 0.324 e. The van der Waals surface area contributed by atoms with Gasteiger partial charge in [0.1, 0.15) is 0 Å². The molecule has 0 aliphatic rings. The quantitative estimate of drug-likeness (QED) is 0.768. The number of para-hydroxylation sites is 1. The molecule has 0 radical (unpaired) electrons. The molecule has 78 valence electrons. The van der Waals surface area contributed by atoms with Gasteiger partial charge in [-0.2, -0.15) is 0 Å². The van der Waals surface area contributed by atoms with Crippen LogP contribution in [-0.4, -0.2) is 4.98 Å². The molecule has 2 nitrogen and oxygen atoms in total. The lowest BCUT2D eigenvalue weighted by Gasteiger charge is -2.11. The minimum absolute atomic E-state index is 0.0300. The van der Waals surface area contributed by atoms with Crippen LogP contribution in [0, 0.1) is 13.8 Å². The SMILES string of the molecule is Cc1cc(C)c2cccc(C(C)N)c2n1. The van der Waals surface area contributed by atoms with E-state index in [1.807, 2.05) is 19.9 Å². The summed E-state index contributed by atoms with van der Waals surface area (Å²) in [5.74, 6) is 0. The van der Waals surface area contributed by atoms with Gasteiger partial charge < -0.3 is 5.73 Å². The van der Waals surface area contributed by atoms with E-state index in [1.54, 1.807) is 0 Å². The number of pyridine rings is 1. The maximum Gasteiger partial charge on any atom is 0.0755 e. The predicted octanol–water partition coefficient (Wildman–Crippen LogP) is 2.87. The first-order chi connectivity index (χ1) is 7.09. The van der Waals surface area contributed by atoms with Gasteiger partial charge in [-0.3, -0.25) is 4.98 Å². The summed E-state index contributed by atoms with van der Waals surface area (Å²) in [7, 11) is 0. The van der Waals surface area contributed by atoms with E-state index >= 15 is 0 Å². The van der Waals surface area contributed by atoms with Crippen molar-refractivity contribution in [1.82, 2.24) is 4.98 Å². The van der Waals surface area contributed by atoms with E-state index in [2.05, 4.69) is 30.1 Å².